The molecule has 5 heteroatoms. The Balaban J connectivity index is 3.31. The summed E-state index contributed by atoms with van der Waals surface area (Å²) >= 11 is 0. The number of hydrogen-bond donors (Lipinski definition) is 1. The van der Waals surface area contributed by atoms with Gasteiger partial charge in [-0.05, 0) is 20.0 Å². The number of likely N-dealkylation sites (N-methyl/N-ethyl adjacent to an activating group) is 1. The van der Waals surface area contributed by atoms with Gasteiger partial charge in [-0.3, -0.25) is 0 Å². The summed E-state index contributed by atoms with van der Waals surface area (Å²) in [6, 6.07) is 0. The van der Waals surface area contributed by atoms with Crippen LogP contribution >= 0.6 is 0 Å². The van der Waals surface area contributed by atoms with E-state index in [4.69, 9.17) is 0 Å². The average Bonchev–Trinajstić information content (AvgIpc) is 2.16. The van der Waals surface area contributed by atoms with E-state index in [2.05, 4.69) is 24.2 Å². The smallest absolute Gasteiger partial charge is 0.148 e. The summed E-state index contributed by atoms with van der Waals surface area (Å²) < 4.78 is 21.7. The maximum atomic E-state index is 10.9. The third kappa shape index (κ3) is 11.9. The number of hydrogen-bond acceptors (Lipinski definition) is 4. The quantitative estimate of drug-likeness (QED) is 0.581. The summed E-state index contributed by atoms with van der Waals surface area (Å²) in [4.78, 5) is 2.28. The van der Waals surface area contributed by atoms with Crippen molar-refractivity contribution in [3.8, 4) is 0 Å². The summed E-state index contributed by atoms with van der Waals surface area (Å²) in [5, 5.41) is 3.14. The molecule has 1 N–H and O–H groups in total. The Labute approximate surface area is 100 Å². The number of sulfone groups is 1. The molecule has 0 atom stereocenters. The lowest BCUT2D eigenvalue weighted by atomic mass is 10.2. The third-order valence-corrected chi connectivity index (χ3v) is 3.41. The van der Waals surface area contributed by atoms with Crippen molar-refractivity contribution in [2.75, 3.05) is 45.2 Å². The van der Waals surface area contributed by atoms with E-state index in [1.807, 2.05) is 0 Å². The van der Waals surface area contributed by atoms with Gasteiger partial charge in [0.25, 0.3) is 0 Å². The van der Waals surface area contributed by atoms with Gasteiger partial charge in [0, 0.05) is 25.9 Å². The molecular formula is C11H26N2O2S. The zero-order valence-corrected chi connectivity index (χ0v) is 11.6. The van der Waals surface area contributed by atoms with E-state index in [1.54, 1.807) is 0 Å². The first-order valence-corrected chi connectivity index (χ1v) is 8.08. The molecule has 0 aromatic rings. The molecule has 0 aromatic carbocycles. The highest BCUT2D eigenvalue weighted by molar-refractivity contribution is 7.90. The van der Waals surface area contributed by atoms with Crippen molar-refractivity contribution in [1.29, 1.82) is 0 Å². The largest absolute Gasteiger partial charge is 0.314 e. The second kappa shape index (κ2) is 8.96. The van der Waals surface area contributed by atoms with Crippen LogP contribution in [0.5, 0.6) is 0 Å². The summed E-state index contributed by atoms with van der Waals surface area (Å²) in [5.41, 5.74) is 0. The molecule has 0 heterocycles. The fourth-order valence-corrected chi connectivity index (χ4v) is 1.91. The maximum absolute atomic E-state index is 10.9. The van der Waals surface area contributed by atoms with Gasteiger partial charge in [0.15, 0.2) is 0 Å². The minimum Gasteiger partial charge on any atom is -0.314 e. The summed E-state index contributed by atoms with van der Waals surface area (Å²) in [6.45, 7) is 5.72. The van der Waals surface area contributed by atoms with Gasteiger partial charge in [0.1, 0.15) is 9.84 Å². The van der Waals surface area contributed by atoms with Gasteiger partial charge in [-0.1, -0.05) is 19.8 Å². The molecule has 0 aromatic heterocycles. The maximum Gasteiger partial charge on any atom is 0.148 e. The molecule has 0 radical (unpaired) electrons. The van der Waals surface area contributed by atoms with Gasteiger partial charge < -0.3 is 10.2 Å². The van der Waals surface area contributed by atoms with Crippen LogP contribution in [0.25, 0.3) is 0 Å². The van der Waals surface area contributed by atoms with E-state index >= 15 is 0 Å². The lowest BCUT2D eigenvalue weighted by molar-refractivity contribution is 0.324. The van der Waals surface area contributed by atoms with Crippen LogP contribution in [0.1, 0.15) is 26.2 Å². The monoisotopic (exact) mass is 250 g/mol. The number of nitrogens with zero attached hydrogens (tertiary/aromatic N) is 1. The fraction of sp³-hybridized carbons (Fsp3) is 1.00. The van der Waals surface area contributed by atoms with Crippen LogP contribution in [-0.2, 0) is 9.84 Å². The van der Waals surface area contributed by atoms with Crippen molar-refractivity contribution in [2.24, 2.45) is 0 Å². The van der Waals surface area contributed by atoms with Crippen LogP contribution in [0.4, 0.5) is 0 Å². The Morgan fingerprint density at radius 1 is 1.12 bits per heavy atom. The van der Waals surface area contributed by atoms with E-state index < -0.39 is 9.84 Å². The van der Waals surface area contributed by atoms with E-state index in [0.29, 0.717) is 6.54 Å². The first-order valence-electron chi connectivity index (χ1n) is 6.02. The summed E-state index contributed by atoms with van der Waals surface area (Å²) in [6.07, 6.45) is 5.05. The SMILES string of the molecule is CCCCCN(C)CCNCCS(C)(=O)=O. The van der Waals surface area contributed by atoms with Gasteiger partial charge in [-0.2, -0.15) is 0 Å². The lowest BCUT2D eigenvalue weighted by Crippen LogP contribution is -2.32. The third-order valence-electron chi connectivity index (χ3n) is 2.46. The van der Waals surface area contributed by atoms with Gasteiger partial charge >= 0.3 is 0 Å². The standard InChI is InChI=1S/C11H26N2O2S/c1-4-5-6-9-13(2)10-7-12-8-11-16(3,14)15/h12H,4-11H2,1-3H3. The minimum absolute atomic E-state index is 0.229. The summed E-state index contributed by atoms with van der Waals surface area (Å²) in [5.74, 6) is 0.229. The molecule has 0 saturated carbocycles. The van der Waals surface area contributed by atoms with Gasteiger partial charge in [0.05, 0.1) is 5.75 Å². The average molecular weight is 250 g/mol. The molecule has 4 nitrogen and oxygen atoms in total. The van der Waals surface area contributed by atoms with Crippen molar-refractivity contribution in [2.45, 2.75) is 26.2 Å². The van der Waals surface area contributed by atoms with Crippen molar-refractivity contribution >= 4 is 9.84 Å². The van der Waals surface area contributed by atoms with Crippen LogP contribution in [-0.4, -0.2) is 58.6 Å². The van der Waals surface area contributed by atoms with Crippen molar-refractivity contribution in [1.82, 2.24) is 10.2 Å². The lowest BCUT2D eigenvalue weighted by Gasteiger charge is -2.16. The van der Waals surface area contributed by atoms with Crippen LogP contribution < -0.4 is 5.32 Å². The first kappa shape index (κ1) is 15.9. The molecule has 0 fully saturated rings. The summed E-state index contributed by atoms with van der Waals surface area (Å²) in [7, 11) is -0.713. The second-order valence-corrected chi connectivity index (χ2v) is 6.65. The van der Waals surface area contributed by atoms with Gasteiger partial charge in [0.2, 0.25) is 0 Å². The molecule has 0 aliphatic carbocycles. The Kier molecular flexibility index (Phi) is 8.89. The number of rotatable bonds is 10. The van der Waals surface area contributed by atoms with E-state index in [1.165, 1.54) is 25.5 Å². The Morgan fingerprint density at radius 2 is 1.81 bits per heavy atom. The molecule has 0 aliphatic rings. The van der Waals surface area contributed by atoms with Crippen molar-refractivity contribution in [3.63, 3.8) is 0 Å². The van der Waals surface area contributed by atoms with E-state index in [-0.39, 0.29) is 5.75 Å². The highest BCUT2D eigenvalue weighted by Crippen LogP contribution is 1.95. The predicted octanol–water partition coefficient (Wildman–Crippen LogP) is 0.743. The zero-order valence-electron chi connectivity index (χ0n) is 10.8. The van der Waals surface area contributed by atoms with Crippen LogP contribution in [0.3, 0.4) is 0 Å². The van der Waals surface area contributed by atoms with Crippen molar-refractivity contribution < 1.29 is 8.42 Å². The molecule has 0 spiro atoms. The van der Waals surface area contributed by atoms with Crippen LogP contribution in [0.2, 0.25) is 0 Å². The van der Waals surface area contributed by atoms with Crippen molar-refractivity contribution in [3.05, 3.63) is 0 Å². The molecule has 0 unspecified atom stereocenters. The van der Waals surface area contributed by atoms with Gasteiger partial charge in [-0.15, -0.1) is 0 Å². The molecule has 0 bridgehead atoms. The molecule has 16 heavy (non-hydrogen) atoms. The Morgan fingerprint density at radius 3 is 2.38 bits per heavy atom. The topological polar surface area (TPSA) is 49.4 Å². The minimum atomic E-state index is -2.82. The molecule has 98 valence electrons. The molecule has 0 rings (SSSR count). The van der Waals surface area contributed by atoms with Crippen LogP contribution in [0.15, 0.2) is 0 Å². The second-order valence-electron chi connectivity index (χ2n) is 4.39. The Bertz CT molecular complexity index is 253. The number of unbranched alkanes of at least 4 members (excludes halogenated alkanes) is 2. The normalized spacial score (nSPS) is 12.2. The van der Waals surface area contributed by atoms with E-state index in [0.717, 1.165) is 19.6 Å². The fourth-order valence-electron chi connectivity index (χ4n) is 1.40. The van der Waals surface area contributed by atoms with Gasteiger partial charge in [-0.25, -0.2) is 8.42 Å². The van der Waals surface area contributed by atoms with E-state index in [9.17, 15) is 8.42 Å². The van der Waals surface area contributed by atoms with Crippen LogP contribution in [0, 0.1) is 0 Å². The molecular weight excluding hydrogens is 224 g/mol. The highest BCUT2D eigenvalue weighted by Gasteiger charge is 2.01. The first-order chi connectivity index (χ1) is 7.45. The Hall–Kier alpha value is -0.130. The number of nitrogens with one attached hydrogen (secondary N) is 1. The molecule has 0 amide bonds. The predicted molar refractivity (Wildman–Crippen MR) is 69.6 cm³/mol. The molecule has 0 saturated heterocycles. The zero-order chi connectivity index (χ0) is 12.4. The highest BCUT2D eigenvalue weighted by atomic mass is 32.2. The molecule has 0 aliphatic heterocycles.